The fraction of sp³-hybridized carbons (Fsp3) is 0.273. The van der Waals surface area contributed by atoms with Crippen molar-refractivity contribution in [1.82, 2.24) is 10.3 Å². The molecule has 1 heterocycles. The molecule has 15 heavy (non-hydrogen) atoms. The first-order valence-corrected chi connectivity index (χ1v) is 4.91. The highest BCUT2D eigenvalue weighted by Gasteiger charge is 2.13. The third-order valence-electron chi connectivity index (χ3n) is 2.26. The number of benzene rings is 1. The molecule has 0 radical (unpaired) electrons. The molecule has 0 saturated carbocycles. The lowest BCUT2D eigenvalue weighted by atomic mass is 10.2. The molecule has 0 aromatic heterocycles. The van der Waals surface area contributed by atoms with Crippen LogP contribution in [-0.2, 0) is 0 Å². The predicted octanol–water partition coefficient (Wildman–Crippen LogP) is 1.07. The van der Waals surface area contributed by atoms with Crippen LogP contribution in [0.5, 0.6) is 0 Å². The first-order valence-electron chi connectivity index (χ1n) is 4.91. The Kier molecular flexibility index (Phi) is 2.67. The summed E-state index contributed by atoms with van der Waals surface area (Å²) >= 11 is 0. The summed E-state index contributed by atoms with van der Waals surface area (Å²) in [6.45, 7) is 0.865. The number of hydrogen-bond acceptors (Lipinski definition) is 3. The summed E-state index contributed by atoms with van der Waals surface area (Å²) in [5.41, 5.74) is 0.662. The molecule has 0 saturated heterocycles. The number of amidine groups is 1. The standard InChI is InChI=1S/C11H13N3O/c1-14-8-7-10(13-14)12-11(15)9-5-3-2-4-6-9/h2-6H,7-8H2,1H3,(H,12,13,15). The van der Waals surface area contributed by atoms with Crippen LogP contribution in [0.15, 0.2) is 35.4 Å². The molecule has 4 heteroatoms. The SMILES string of the molecule is CN1CCC(NC(=O)c2ccccc2)=N1. The van der Waals surface area contributed by atoms with Gasteiger partial charge in [-0.05, 0) is 12.1 Å². The number of nitrogens with one attached hydrogen (secondary N) is 1. The van der Waals surface area contributed by atoms with Gasteiger partial charge < -0.3 is 5.32 Å². The van der Waals surface area contributed by atoms with Crippen molar-refractivity contribution >= 4 is 11.7 Å². The van der Waals surface area contributed by atoms with E-state index in [4.69, 9.17) is 0 Å². The van der Waals surface area contributed by atoms with Crippen LogP contribution < -0.4 is 5.32 Å². The van der Waals surface area contributed by atoms with Crippen LogP contribution in [0.1, 0.15) is 16.8 Å². The van der Waals surface area contributed by atoms with E-state index in [9.17, 15) is 4.79 Å². The van der Waals surface area contributed by atoms with Crippen LogP contribution in [0.2, 0.25) is 0 Å². The van der Waals surface area contributed by atoms with E-state index in [2.05, 4.69) is 10.4 Å². The second-order valence-electron chi connectivity index (χ2n) is 3.50. The lowest BCUT2D eigenvalue weighted by Crippen LogP contribution is -2.29. The van der Waals surface area contributed by atoms with Crippen molar-refractivity contribution in [3.05, 3.63) is 35.9 Å². The number of nitrogens with zero attached hydrogens (tertiary/aromatic N) is 2. The molecule has 0 bridgehead atoms. The Morgan fingerprint density at radius 2 is 2.13 bits per heavy atom. The molecular formula is C11H13N3O. The van der Waals surface area contributed by atoms with E-state index in [1.807, 2.05) is 30.3 Å². The van der Waals surface area contributed by atoms with E-state index < -0.39 is 0 Å². The molecule has 1 amide bonds. The highest BCUT2D eigenvalue weighted by molar-refractivity contribution is 6.06. The zero-order chi connectivity index (χ0) is 10.7. The third-order valence-corrected chi connectivity index (χ3v) is 2.26. The molecule has 0 fully saturated rings. The maximum Gasteiger partial charge on any atom is 0.256 e. The normalized spacial score (nSPS) is 15.0. The summed E-state index contributed by atoms with van der Waals surface area (Å²) in [4.78, 5) is 11.7. The van der Waals surface area contributed by atoms with Gasteiger partial charge in [0.25, 0.3) is 5.91 Å². The summed E-state index contributed by atoms with van der Waals surface area (Å²) in [6.07, 6.45) is 0.801. The third kappa shape index (κ3) is 2.34. The minimum atomic E-state index is -0.0929. The van der Waals surface area contributed by atoms with Crippen LogP contribution in [0.25, 0.3) is 0 Å². The van der Waals surface area contributed by atoms with E-state index in [0.717, 1.165) is 18.8 Å². The van der Waals surface area contributed by atoms with Crippen LogP contribution in [-0.4, -0.2) is 30.3 Å². The summed E-state index contributed by atoms with van der Waals surface area (Å²) in [5.74, 6) is 0.649. The highest BCUT2D eigenvalue weighted by Crippen LogP contribution is 2.03. The zero-order valence-electron chi connectivity index (χ0n) is 8.60. The van der Waals surface area contributed by atoms with E-state index in [1.165, 1.54) is 0 Å². The van der Waals surface area contributed by atoms with Crippen molar-refractivity contribution in [2.45, 2.75) is 6.42 Å². The number of amides is 1. The monoisotopic (exact) mass is 203 g/mol. The minimum Gasteiger partial charge on any atom is -0.309 e. The molecule has 1 aromatic carbocycles. The Morgan fingerprint density at radius 3 is 2.73 bits per heavy atom. The van der Waals surface area contributed by atoms with Gasteiger partial charge in [-0.2, -0.15) is 5.10 Å². The molecule has 2 rings (SSSR count). The average Bonchev–Trinajstić information content (AvgIpc) is 2.65. The van der Waals surface area contributed by atoms with E-state index in [0.29, 0.717) is 5.56 Å². The average molecular weight is 203 g/mol. The van der Waals surface area contributed by atoms with Crippen LogP contribution in [0.4, 0.5) is 0 Å². The molecule has 1 N–H and O–H groups in total. The van der Waals surface area contributed by atoms with Crippen LogP contribution >= 0.6 is 0 Å². The molecule has 1 aliphatic heterocycles. The number of hydrogen-bond donors (Lipinski definition) is 1. The fourth-order valence-electron chi connectivity index (χ4n) is 1.45. The molecule has 1 aromatic rings. The quantitative estimate of drug-likeness (QED) is 0.742. The van der Waals surface area contributed by atoms with Gasteiger partial charge in [-0.3, -0.25) is 9.80 Å². The topological polar surface area (TPSA) is 44.7 Å². The van der Waals surface area contributed by atoms with Crippen molar-refractivity contribution in [2.24, 2.45) is 5.10 Å². The Hall–Kier alpha value is -1.84. The first kappa shape index (κ1) is 9.71. The Bertz CT molecular complexity index is 386. The lowest BCUT2D eigenvalue weighted by Gasteiger charge is -2.03. The van der Waals surface area contributed by atoms with Gasteiger partial charge in [0.1, 0.15) is 5.84 Å². The molecule has 78 valence electrons. The van der Waals surface area contributed by atoms with Gasteiger partial charge >= 0.3 is 0 Å². The van der Waals surface area contributed by atoms with Gasteiger partial charge in [0.05, 0.1) is 0 Å². The van der Waals surface area contributed by atoms with Crippen LogP contribution in [0, 0.1) is 0 Å². The predicted molar refractivity (Wildman–Crippen MR) is 58.6 cm³/mol. The second kappa shape index (κ2) is 4.13. The first-order chi connectivity index (χ1) is 7.25. The van der Waals surface area contributed by atoms with Crippen molar-refractivity contribution < 1.29 is 4.79 Å². The Balaban J connectivity index is 2.02. The maximum absolute atomic E-state index is 11.7. The van der Waals surface area contributed by atoms with Crippen LogP contribution in [0.3, 0.4) is 0 Å². The molecule has 4 nitrogen and oxygen atoms in total. The van der Waals surface area contributed by atoms with E-state index in [1.54, 1.807) is 12.1 Å². The van der Waals surface area contributed by atoms with Gasteiger partial charge in [0.15, 0.2) is 0 Å². The van der Waals surface area contributed by atoms with Gasteiger partial charge in [-0.25, -0.2) is 0 Å². The molecule has 1 aliphatic rings. The smallest absolute Gasteiger partial charge is 0.256 e. The Labute approximate surface area is 88.6 Å². The summed E-state index contributed by atoms with van der Waals surface area (Å²) < 4.78 is 0. The maximum atomic E-state index is 11.7. The molecule has 0 unspecified atom stereocenters. The molecular weight excluding hydrogens is 190 g/mol. The summed E-state index contributed by atoms with van der Waals surface area (Å²) in [7, 11) is 1.89. The van der Waals surface area contributed by atoms with Crippen molar-refractivity contribution in [1.29, 1.82) is 0 Å². The van der Waals surface area contributed by atoms with Gasteiger partial charge in [0, 0.05) is 25.6 Å². The van der Waals surface area contributed by atoms with Crippen molar-refractivity contribution in [3.63, 3.8) is 0 Å². The minimum absolute atomic E-state index is 0.0929. The lowest BCUT2D eigenvalue weighted by molar-refractivity contribution is 0.0976. The van der Waals surface area contributed by atoms with Gasteiger partial charge in [-0.1, -0.05) is 18.2 Å². The number of rotatable bonds is 1. The van der Waals surface area contributed by atoms with Gasteiger partial charge in [0.2, 0.25) is 0 Å². The van der Waals surface area contributed by atoms with E-state index >= 15 is 0 Å². The summed E-state index contributed by atoms with van der Waals surface area (Å²) in [5, 5.41) is 8.79. The van der Waals surface area contributed by atoms with E-state index in [-0.39, 0.29) is 5.91 Å². The highest BCUT2D eigenvalue weighted by atomic mass is 16.1. The van der Waals surface area contributed by atoms with Gasteiger partial charge in [-0.15, -0.1) is 0 Å². The molecule has 0 atom stereocenters. The van der Waals surface area contributed by atoms with Crippen molar-refractivity contribution in [2.75, 3.05) is 13.6 Å². The molecule has 0 spiro atoms. The Morgan fingerprint density at radius 1 is 1.40 bits per heavy atom. The number of carbonyl (C=O) groups is 1. The largest absolute Gasteiger partial charge is 0.309 e. The summed E-state index contributed by atoms with van der Waals surface area (Å²) in [6, 6.07) is 9.15. The second-order valence-corrected chi connectivity index (χ2v) is 3.50. The molecule has 0 aliphatic carbocycles. The number of carbonyl (C=O) groups excluding carboxylic acids is 1. The number of hydrazone groups is 1. The fourth-order valence-corrected chi connectivity index (χ4v) is 1.45. The zero-order valence-corrected chi connectivity index (χ0v) is 8.60. The van der Waals surface area contributed by atoms with Crippen molar-refractivity contribution in [3.8, 4) is 0 Å².